The Morgan fingerprint density at radius 2 is 0.847 bits per heavy atom. The Balaban J connectivity index is 4.35. The molecule has 0 aliphatic heterocycles. The Morgan fingerprint density at radius 3 is 1.25 bits per heavy atom. The lowest BCUT2D eigenvalue weighted by atomic mass is 10.0. The lowest BCUT2D eigenvalue weighted by Crippen LogP contribution is -2.46. The van der Waals surface area contributed by atoms with Crippen molar-refractivity contribution < 1.29 is 24.5 Å². The van der Waals surface area contributed by atoms with Crippen molar-refractivity contribution in [1.29, 1.82) is 0 Å². The van der Waals surface area contributed by atoms with Crippen molar-refractivity contribution in [3.05, 3.63) is 24.3 Å². The quantitative estimate of drug-likeness (QED) is 0.0322. The van der Waals surface area contributed by atoms with Crippen molar-refractivity contribution in [3.63, 3.8) is 0 Å². The topological polar surface area (TPSA) is 95.9 Å². The van der Waals surface area contributed by atoms with Gasteiger partial charge in [-0.1, -0.05) is 238 Å². The van der Waals surface area contributed by atoms with Gasteiger partial charge in [-0.15, -0.1) is 0 Å². The minimum Gasteiger partial charge on any atom is -0.462 e. The highest BCUT2D eigenvalue weighted by Gasteiger charge is 2.24. The van der Waals surface area contributed by atoms with Gasteiger partial charge in [-0.05, 0) is 51.4 Å². The Bertz CT molecular complexity index is 935. The summed E-state index contributed by atoms with van der Waals surface area (Å²) in [5, 5.41) is 23.7. The van der Waals surface area contributed by atoms with E-state index < -0.39 is 18.2 Å². The summed E-state index contributed by atoms with van der Waals surface area (Å²) in [5.74, 6) is -0.498. The summed E-state index contributed by atoms with van der Waals surface area (Å²) in [6, 6.07) is -0.701. The molecule has 0 aromatic carbocycles. The molecule has 59 heavy (non-hydrogen) atoms. The van der Waals surface area contributed by atoms with Crippen molar-refractivity contribution in [2.45, 2.75) is 296 Å². The van der Waals surface area contributed by atoms with Crippen LogP contribution in [0.2, 0.25) is 0 Å². The van der Waals surface area contributed by atoms with Gasteiger partial charge in [0.2, 0.25) is 5.91 Å². The van der Waals surface area contributed by atoms with Gasteiger partial charge in [0.1, 0.15) is 6.10 Å². The first-order valence-electron chi connectivity index (χ1n) is 26.1. The van der Waals surface area contributed by atoms with E-state index in [2.05, 4.69) is 50.4 Å². The molecule has 0 saturated heterocycles. The van der Waals surface area contributed by atoms with Crippen LogP contribution in [0.5, 0.6) is 0 Å². The Labute approximate surface area is 367 Å². The molecule has 0 saturated carbocycles. The van der Waals surface area contributed by atoms with Gasteiger partial charge >= 0.3 is 5.97 Å². The van der Waals surface area contributed by atoms with Crippen LogP contribution in [0.1, 0.15) is 278 Å². The number of hydrogen-bond acceptors (Lipinski definition) is 5. The second kappa shape index (κ2) is 47.4. The van der Waals surface area contributed by atoms with E-state index in [9.17, 15) is 19.8 Å². The molecule has 0 spiro atoms. The summed E-state index contributed by atoms with van der Waals surface area (Å²) in [5.41, 5.74) is 0. The summed E-state index contributed by atoms with van der Waals surface area (Å²) in [7, 11) is 0. The van der Waals surface area contributed by atoms with Gasteiger partial charge in [-0.2, -0.15) is 0 Å². The number of esters is 1. The Morgan fingerprint density at radius 1 is 0.492 bits per heavy atom. The fraction of sp³-hybridized carbons (Fsp3) is 0.887. The van der Waals surface area contributed by atoms with Crippen LogP contribution in [0.4, 0.5) is 0 Å². The first-order chi connectivity index (χ1) is 29.0. The van der Waals surface area contributed by atoms with E-state index in [1.54, 1.807) is 0 Å². The van der Waals surface area contributed by atoms with E-state index in [0.29, 0.717) is 19.3 Å². The monoisotopic (exact) mass is 832 g/mol. The minimum absolute atomic E-state index is 0.0706. The fourth-order valence-corrected chi connectivity index (χ4v) is 8.07. The predicted octanol–water partition coefficient (Wildman–Crippen LogP) is 15.5. The van der Waals surface area contributed by atoms with Crippen molar-refractivity contribution in [2.24, 2.45) is 0 Å². The summed E-state index contributed by atoms with van der Waals surface area (Å²) in [4.78, 5) is 26.0. The smallest absolute Gasteiger partial charge is 0.306 e. The first kappa shape index (κ1) is 57.3. The van der Waals surface area contributed by atoms with E-state index >= 15 is 0 Å². The van der Waals surface area contributed by atoms with Gasteiger partial charge in [0.15, 0.2) is 0 Å². The first-order valence-corrected chi connectivity index (χ1v) is 26.1. The van der Waals surface area contributed by atoms with Crippen molar-refractivity contribution in [2.75, 3.05) is 6.61 Å². The molecule has 6 heteroatoms. The van der Waals surface area contributed by atoms with Crippen LogP contribution in [-0.2, 0) is 14.3 Å². The molecule has 3 atom stereocenters. The van der Waals surface area contributed by atoms with E-state index in [-0.39, 0.29) is 24.9 Å². The second-order valence-electron chi connectivity index (χ2n) is 18.0. The molecule has 0 radical (unpaired) electrons. The molecule has 3 unspecified atom stereocenters. The maximum atomic E-state index is 13.1. The highest BCUT2D eigenvalue weighted by atomic mass is 16.5. The number of ether oxygens (including phenoxy) is 1. The van der Waals surface area contributed by atoms with Crippen LogP contribution in [0, 0.1) is 0 Å². The minimum atomic E-state index is -0.787. The van der Waals surface area contributed by atoms with Crippen LogP contribution in [0.25, 0.3) is 0 Å². The lowest BCUT2D eigenvalue weighted by Gasteiger charge is -2.24. The van der Waals surface area contributed by atoms with Gasteiger partial charge in [0, 0.05) is 6.42 Å². The third-order valence-corrected chi connectivity index (χ3v) is 12.1. The zero-order valence-corrected chi connectivity index (χ0v) is 39.7. The fourth-order valence-electron chi connectivity index (χ4n) is 8.07. The summed E-state index contributed by atoms with van der Waals surface area (Å²) < 4.78 is 5.88. The molecule has 0 heterocycles. The van der Waals surface area contributed by atoms with Crippen molar-refractivity contribution in [1.82, 2.24) is 5.32 Å². The number of hydrogen-bond donors (Lipinski definition) is 3. The third-order valence-electron chi connectivity index (χ3n) is 12.1. The molecule has 0 rings (SSSR count). The molecule has 3 N–H and O–H groups in total. The standard InChI is InChI=1S/C53H101NO5/c1-4-7-10-13-16-18-20-22-24-26-27-29-31-33-36-39-42-45-51(56)50(48-55)54-52(57)47-49(44-41-38-35-15-12-9-6-3)59-53(58)46-43-40-37-34-32-30-28-25-23-21-19-17-14-11-8-5-2/h25,28,30,32,49-51,55-56H,4-24,26-27,29,31,33-48H2,1-3H3,(H,54,57)/b28-25+,32-30+. The SMILES string of the molecule is CCCCCCCCC/C=C/C=C/CCCCCC(=O)OC(CCCCCCCCC)CC(=O)NC(CO)C(O)CCCCCCCCCCCCCCCCCCC. The van der Waals surface area contributed by atoms with Gasteiger partial charge < -0.3 is 20.3 Å². The Kier molecular flexibility index (Phi) is 46.1. The largest absolute Gasteiger partial charge is 0.462 e. The van der Waals surface area contributed by atoms with Gasteiger partial charge in [-0.3, -0.25) is 9.59 Å². The zero-order chi connectivity index (χ0) is 43.1. The summed E-state index contributed by atoms with van der Waals surface area (Å²) in [6.45, 7) is 6.46. The molecule has 6 nitrogen and oxygen atoms in total. The Hall–Kier alpha value is -1.66. The van der Waals surface area contributed by atoms with E-state index in [1.165, 1.54) is 167 Å². The summed E-state index contributed by atoms with van der Waals surface area (Å²) in [6.07, 6.45) is 54.0. The molecular formula is C53H101NO5. The highest BCUT2D eigenvalue weighted by molar-refractivity contribution is 5.77. The second-order valence-corrected chi connectivity index (χ2v) is 18.0. The lowest BCUT2D eigenvalue weighted by molar-refractivity contribution is -0.151. The van der Waals surface area contributed by atoms with Crippen molar-refractivity contribution >= 4 is 11.9 Å². The normalized spacial score (nSPS) is 13.4. The number of nitrogens with one attached hydrogen (secondary N) is 1. The number of rotatable bonds is 47. The molecule has 0 fully saturated rings. The van der Waals surface area contributed by atoms with Gasteiger partial charge in [0.05, 0.1) is 25.2 Å². The maximum Gasteiger partial charge on any atom is 0.306 e. The number of unbranched alkanes of at least 4 members (excludes halogenated alkanes) is 32. The molecular weight excluding hydrogens is 731 g/mol. The molecule has 1 amide bonds. The molecule has 0 aromatic rings. The number of amides is 1. The molecule has 348 valence electrons. The van der Waals surface area contributed by atoms with Crippen LogP contribution in [0.3, 0.4) is 0 Å². The average Bonchev–Trinajstić information content (AvgIpc) is 3.23. The van der Waals surface area contributed by atoms with Crippen LogP contribution < -0.4 is 5.32 Å². The number of carbonyl (C=O) groups is 2. The zero-order valence-electron chi connectivity index (χ0n) is 39.7. The van der Waals surface area contributed by atoms with Gasteiger partial charge in [0.25, 0.3) is 0 Å². The number of allylic oxidation sites excluding steroid dienone is 4. The van der Waals surface area contributed by atoms with E-state index in [1.807, 2.05) is 0 Å². The number of carbonyl (C=O) groups excluding carboxylic acids is 2. The molecule has 0 aromatic heterocycles. The van der Waals surface area contributed by atoms with Gasteiger partial charge in [-0.25, -0.2) is 0 Å². The number of aliphatic hydroxyl groups excluding tert-OH is 2. The number of aliphatic hydroxyl groups is 2. The highest BCUT2D eigenvalue weighted by Crippen LogP contribution is 2.18. The maximum absolute atomic E-state index is 13.1. The molecule has 0 aliphatic rings. The van der Waals surface area contributed by atoms with Crippen LogP contribution >= 0.6 is 0 Å². The van der Waals surface area contributed by atoms with Crippen LogP contribution in [-0.4, -0.2) is 46.9 Å². The van der Waals surface area contributed by atoms with Crippen molar-refractivity contribution in [3.8, 4) is 0 Å². The average molecular weight is 832 g/mol. The van der Waals surface area contributed by atoms with E-state index in [4.69, 9.17) is 4.74 Å². The van der Waals surface area contributed by atoms with E-state index in [0.717, 1.165) is 64.2 Å². The third kappa shape index (κ3) is 42.8. The van der Waals surface area contributed by atoms with Crippen LogP contribution in [0.15, 0.2) is 24.3 Å². The molecule has 0 aliphatic carbocycles. The summed E-state index contributed by atoms with van der Waals surface area (Å²) >= 11 is 0. The molecule has 0 bridgehead atoms. The predicted molar refractivity (Wildman–Crippen MR) is 255 cm³/mol.